The number of nitrogens with zero attached hydrogens (tertiary/aromatic N) is 3. The molecule has 2 N–H and O–H groups in total. The van der Waals surface area contributed by atoms with Gasteiger partial charge in [-0.15, -0.1) is 0 Å². The van der Waals surface area contributed by atoms with Gasteiger partial charge in [-0.25, -0.2) is 4.98 Å². The number of methoxy groups -OCH3 is 1. The number of hydrogen-bond acceptors (Lipinski definition) is 7. The summed E-state index contributed by atoms with van der Waals surface area (Å²) in [5, 5.41) is 6.61. The highest BCUT2D eigenvalue weighted by atomic mass is 16.5. The smallest absolute Gasteiger partial charge is 0.229 e. The molecule has 7 nitrogen and oxygen atoms in total. The molecule has 3 rings (SSSR count). The first-order valence-electron chi connectivity index (χ1n) is 11.3. The first-order valence-corrected chi connectivity index (χ1v) is 11.3. The van der Waals surface area contributed by atoms with Crippen LogP contribution in [0.4, 0.5) is 17.5 Å². The lowest BCUT2D eigenvalue weighted by Crippen LogP contribution is -2.26. The maximum Gasteiger partial charge on any atom is 0.229 e. The fourth-order valence-electron chi connectivity index (χ4n) is 3.35. The third kappa shape index (κ3) is 8.61. The van der Waals surface area contributed by atoms with Gasteiger partial charge in [0.1, 0.15) is 5.82 Å². The Hall–Kier alpha value is -2.54. The van der Waals surface area contributed by atoms with Crippen molar-refractivity contribution in [3.63, 3.8) is 0 Å². The van der Waals surface area contributed by atoms with Crippen molar-refractivity contribution in [2.24, 2.45) is 0 Å². The number of ether oxygens (including phenoxy) is 2. The maximum atomic E-state index is 6.01. The Morgan fingerprint density at radius 2 is 1.81 bits per heavy atom. The van der Waals surface area contributed by atoms with E-state index in [1.165, 1.54) is 25.9 Å². The second kappa shape index (κ2) is 12.3. The zero-order chi connectivity index (χ0) is 22.7. The molecule has 0 bridgehead atoms. The van der Waals surface area contributed by atoms with Crippen molar-refractivity contribution in [3.8, 4) is 11.5 Å². The van der Waals surface area contributed by atoms with Crippen LogP contribution in [0.1, 0.15) is 53.9 Å². The van der Waals surface area contributed by atoms with E-state index in [-0.39, 0.29) is 5.54 Å². The molecule has 31 heavy (non-hydrogen) atoms. The summed E-state index contributed by atoms with van der Waals surface area (Å²) in [5.74, 6) is 2.76. The molecule has 0 spiro atoms. The summed E-state index contributed by atoms with van der Waals surface area (Å²) in [6.07, 6.45) is 5.38. The highest BCUT2D eigenvalue weighted by molar-refractivity contribution is 5.60. The van der Waals surface area contributed by atoms with E-state index < -0.39 is 0 Å². The lowest BCUT2D eigenvalue weighted by Gasteiger charge is -2.21. The first kappa shape index (κ1) is 24.7. The number of likely N-dealkylation sites (tertiary alicyclic amines) is 1. The lowest BCUT2D eigenvalue weighted by molar-refractivity contribution is 0.254. The van der Waals surface area contributed by atoms with Gasteiger partial charge in [0.25, 0.3) is 0 Å². The van der Waals surface area contributed by atoms with E-state index in [0.29, 0.717) is 12.6 Å². The molecule has 7 heteroatoms. The molecule has 1 aliphatic rings. The molecule has 172 valence electrons. The molecule has 1 saturated heterocycles. The molecule has 2 aromatic rings. The number of aromatic nitrogens is 2. The summed E-state index contributed by atoms with van der Waals surface area (Å²) in [5.41, 5.74) is 0.787. The molecule has 0 amide bonds. The number of anilines is 3. The zero-order valence-electron chi connectivity index (χ0n) is 20.0. The summed E-state index contributed by atoms with van der Waals surface area (Å²) < 4.78 is 11.5. The van der Waals surface area contributed by atoms with E-state index in [1.807, 2.05) is 38.1 Å². The number of hydrogen-bond donors (Lipinski definition) is 2. The second-order valence-corrected chi connectivity index (χ2v) is 8.38. The van der Waals surface area contributed by atoms with E-state index in [1.54, 1.807) is 13.3 Å². The molecule has 0 saturated carbocycles. The average molecular weight is 430 g/mol. The highest BCUT2D eigenvalue weighted by Gasteiger charge is 2.13. The number of benzene rings is 1. The number of rotatable bonds is 9. The van der Waals surface area contributed by atoms with Crippen LogP contribution in [0.5, 0.6) is 11.5 Å². The maximum absolute atomic E-state index is 6.01. The van der Waals surface area contributed by atoms with Crippen LogP contribution in [0.25, 0.3) is 0 Å². The van der Waals surface area contributed by atoms with Gasteiger partial charge in [-0.2, -0.15) is 4.98 Å². The monoisotopic (exact) mass is 429 g/mol. The van der Waals surface area contributed by atoms with Crippen molar-refractivity contribution in [2.45, 2.75) is 59.4 Å². The van der Waals surface area contributed by atoms with E-state index in [9.17, 15) is 0 Å². The standard InChI is InChI=1S/C22H33N5O2.C2H6/c1-22(2,3)26-20-10-11-23-21(25-20)24-17-8-9-18(28-4)19(16-17)29-15-7-14-27-12-5-6-13-27;1-2/h8-11,16H,5-7,12-15H2,1-4H3,(H2,23,24,25,26);1-2H3. The Morgan fingerprint density at radius 1 is 1.06 bits per heavy atom. The minimum Gasteiger partial charge on any atom is -0.493 e. The molecule has 1 aliphatic heterocycles. The summed E-state index contributed by atoms with van der Waals surface area (Å²) in [7, 11) is 1.66. The van der Waals surface area contributed by atoms with Gasteiger partial charge in [0.05, 0.1) is 13.7 Å². The van der Waals surface area contributed by atoms with E-state index in [0.717, 1.165) is 36.0 Å². The molecule has 1 fully saturated rings. The molecular formula is C24H39N5O2. The summed E-state index contributed by atoms with van der Waals surface area (Å²) in [6.45, 7) is 14.5. The van der Waals surface area contributed by atoms with Gasteiger partial charge in [-0.3, -0.25) is 0 Å². The normalized spacial score (nSPS) is 13.9. The summed E-state index contributed by atoms with van der Waals surface area (Å²) in [6, 6.07) is 7.62. The van der Waals surface area contributed by atoms with Crippen LogP contribution in [-0.2, 0) is 0 Å². The van der Waals surface area contributed by atoms with Crippen LogP contribution in [0.3, 0.4) is 0 Å². The number of nitrogens with one attached hydrogen (secondary N) is 2. The minimum absolute atomic E-state index is 0.0676. The highest BCUT2D eigenvalue weighted by Crippen LogP contribution is 2.31. The van der Waals surface area contributed by atoms with Crippen LogP contribution >= 0.6 is 0 Å². The topological polar surface area (TPSA) is 71.5 Å². The molecule has 1 aromatic heterocycles. The van der Waals surface area contributed by atoms with Gasteiger partial charge in [0.15, 0.2) is 11.5 Å². The van der Waals surface area contributed by atoms with E-state index in [2.05, 4.69) is 46.3 Å². The average Bonchev–Trinajstić information content (AvgIpc) is 3.25. The zero-order valence-corrected chi connectivity index (χ0v) is 20.0. The Bertz CT molecular complexity index is 786. The lowest BCUT2D eigenvalue weighted by atomic mass is 10.1. The first-order chi connectivity index (χ1) is 14.9. The van der Waals surface area contributed by atoms with Crippen molar-refractivity contribution in [3.05, 3.63) is 30.5 Å². The van der Waals surface area contributed by atoms with Crippen molar-refractivity contribution in [1.29, 1.82) is 0 Å². The van der Waals surface area contributed by atoms with Crippen LogP contribution in [0.2, 0.25) is 0 Å². The van der Waals surface area contributed by atoms with Gasteiger partial charge in [0.2, 0.25) is 5.95 Å². The van der Waals surface area contributed by atoms with Gasteiger partial charge >= 0.3 is 0 Å². The third-order valence-corrected chi connectivity index (χ3v) is 4.65. The Labute approximate surface area is 187 Å². The molecular weight excluding hydrogens is 390 g/mol. The summed E-state index contributed by atoms with van der Waals surface area (Å²) in [4.78, 5) is 11.3. The molecule has 0 atom stereocenters. The predicted octanol–water partition coefficient (Wildman–Crippen LogP) is 5.33. The van der Waals surface area contributed by atoms with Crippen molar-refractivity contribution in [1.82, 2.24) is 14.9 Å². The van der Waals surface area contributed by atoms with Crippen LogP contribution in [-0.4, -0.2) is 53.8 Å². The predicted molar refractivity (Wildman–Crippen MR) is 129 cm³/mol. The van der Waals surface area contributed by atoms with E-state index in [4.69, 9.17) is 9.47 Å². The molecule has 0 unspecified atom stereocenters. The molecule has 1 aromatic carbocycles. The Morgan fingerprint density at radius 3 is 2.48 bits per heavy atom. The Kier molecular flexibility index (Phi) is 9.85. The van der Waals surface area contributed by atoms with Crippen molar-refractivity contribution in [2.75, 3.05) is 44.0 Å². The van der Waals surface area contributed by atoms with Gasteiger partial charge < -0.3 is 25.0 Å². The molecule has 2 heterocycles. The van der Waals surface area contributed by atoms with Gasteiger partial charge in [0, 0.05) is 30.0 Å². The third-order valence-electron chi connectivity index (χ3n) is 4.65. The van der Waals surface area contributed by atoms with Gasteiger partial charge in [-0.1, -0.05) is 13.8 Å². The fraction of sp³-hybridized carbons (Fsp3) is 0.583. The molecule has 0 aliphatic carbocycles. The minimum atomic E-state index is -0.0676. The quantitative estimate of drug-likeness (QED) is 0.522. The molecule has 0 radical (unpaired) electrons. The fourth-order valence-corrected chi connectivity index (χ4v) is 3.35. The van der Waals surface area contributed by atoms with Crippen LogP contribution in [0, 0.1) is 0 Å². The second-order valence-electron chi connectivity index (χ2n) is 8.38. The van der Waals surface area contributed by atoms with Crippen LogP contribution in [0.15, 0.2) is 30.5 Å². The Balaban J connectivity index is 0.00000166. The van der Waals surface area contributed by atoms with Crippen molar-refractivity contribution >= 4 is 17.5 Å². The van der Waals surface area contributed by atoms with Gasteiger partial charge in [-0.05, 0) is 71.3 Å². The largest absolute Gasteiger partial charge is 0.493 e. The SMILES string of the molecule is CC.COc1ccc(Nc2nccc(NC(C)(C)C)n2)cc1OCCCN1CCCC1. The van der Waals surface area contributed by atoms with Crippen LogP contribution < -0.4 is 20.1 Å². The summed E-state index contributed by atoms with van der Waals surface area (Å²) >= 11 is 0. The van der Waals surface area contributed by atoms with E-state index >= 15 is 0 Å². The van der Waals surface area contributed by atoms with Crippen molar-refractivity contribution < 1.29 is 9.47 Å².